The van der Waals surface area contributed by atoms with Crippen LogP contribution in [-0.4, -0.2) is 59.5 Å². The number of rotatable bonds is 4. The summed E-state index contributed by atoms with van der Waals surface area (Å²) >= 11 is 0. The number of hydrogen-bond donors (Lipinski definition) is 0. The Kier molecular flexibility index (Phi) is 3.69. The van der Waals surface area contributed by atoms with Gasteiger partial charge in [0.05, 0.1) is 11.3 Å². The van der Waals surface area contributed by atoms with Gasteiger partial charge >= 0.3 is 5.66 Å². The minimum Gasteiger partial charge on any atom is -0.302 e. The zero-order valence-electron chi connectivity index (χ0n) is 14.1. The third-order valence-electron chi connectivity index (χ3n) is 5.22. The van der Waals surface area contributed by atoms with Crippen molar-refractivity contribution in [2.24, 2.45) is 0 Å². The first kappa shape index (κ1) is 16.5. The number of hydrogen-bond acceptors (Lipinski definition) is 6. The number of nitro groups is 2. The van der Waals surface area contributed by atoms with E-state index in [4.69, 9.17) is 0 Å². The second-order valence-corrected chi connectivity index (χ2v) is 6.76. The van der Waals surface area contributed by atoms with Crippen molar-refractivity contribution in [1.29, 1.82) is 0 Å². The van der Waals surface area contributed by atoms with Crippen LogP contribution in [0, 0.1) is 20.2 Å². The summed E-state index contributed by atoms with van der Waals surface area (Å²) in [6, 6.07) is 2.98. The molecule has 8 nitrogen and oxygen atoms in total. The minimum atomic E-state index is -1.37. The summed E-state index contributed by atoms with van der Waals surface area (Å²) in [7, 11) is 7.09. The van der Waals surface area contributed by atoms with Crippen molar-refractivity contribution in [2.75, 3.05) is 28.2 Å². The predicted molar refractivity (Wildman–Crippen MR) is 89.4 cm³/mol. The van der Waals surface area contributed by atoms with Gasteiger partial charge in [-0.1, -0.05) is 6.08 Å². The fourth-order valence-corrected chi connectivity index (χ4v) is 4.01. The number of nitrogens with zero attached hydrogens (tertiary/aromatic N) is 4. The maximum atomic E-state index is 12.1. The van der Waals surface area contributed by atoms with Crippen LogP contribution in [0.2, 0.25) is 0 Å². The molecule has 2 atom stereocenters. The van der Waals surface area contributed by atoms with Crippen LogP contribution in [0.1, 0.15) is 12.0 Å². The first-order chi connectivity index (χ1) is 11.2. The van der Waals surface area contributed by atoms with Crippen molar-refractivity contribution in [1.82, 2.24) is 9.80 Å². The Morgan fingerprint density at radius 3 is 2.33 bits per heavy atom. The Morgan fingerprint density at radius 2 is 1.83 bits per heavy atom. The number of nitro benzene ring substituents is 1. The highest BCUT2D eigenvalue weighted by molar-refractivity contribution is 5.71. The van der Waals surface area contributed by atoms with Crippen LogP contribution >= 0.6 is 0 Å². The summed E-state index contributed by atoms with van der Waals surface area (Å²) in [6.07, 6.45) is 2.49. The summed E-state index contributed by atoms with van der Waals surface area (Å²) < 4.78 is 0. The van der Waals surface area contributed by atoms with E-state index < -0.39 is 10.6 Å². The second-order valence-electron chi connectivity index (χ2n) is 6.76. The third-order valence-corrected chi connectivity index (χ3v) is 5.22. The van der Waals surface area contributed by atoms with Crippen LogP contribution < -0.4 is 10.4 Å². The summed E-state index contributed by atoms with van der Waals surface area (Å²) in [4.78, 5) is 26.4. The zero-order chi connectivity index (χ0) is 17.8. The van der Waals surface area contributed by atoms with Crippen LogP contribution in [0.25, 0.3) is 11.6 Å². The maximum Gasteiger partial charge on any atom is 0.304 e. The van der Waals surface area contributed by atoms with E-state index >= 15 is 0 Å². The lowest BCUT2D eigenvalue weighted by atomic mass is 9.86. The third kappa shape index (κ3) is 1.99. The lowest BCUT2D eigenvalue weighted by Crippen LogP contribution is -2.59. The van der Waals surface area contributed by atoms with Crippen LogP contribution in [0.5, 0.6) is 0 Å². The molecule has 8 heteroatoms. The normalized spacial score (nSPS) is 24.9. The van der Waals surface area contributed by atoms with Crippen LogP contribution in [0.3, 0.4) is 0 Å². The van der Waals surface area contributed by atoms with E-state index in [9.17, 15) is 20.2 Å². The topological polar surface area (TPSA) is 92.8 Å². The van der Waals surface area contributed by atoms with Gasteiger partial charge in [0.2, 0.25) is 0 Å². The molecule has 2 aliphatic rings. The molecule has 2 unspecified atom stereocenters. The molecule has 0 aromatic heterocycles. The van der Waals surface area contributed by atoms with E-state index in [1.807, 2.05) is 25.1 Å². The summed E-state index contributed by atoms with van der Waals surface area (Å²) in [6.45, 7) is 0. The van der Waals surface area contributed by atoms with Gasteiger partial charge < -0.3 is 4.90 Å². The van der Waals surface area contributed by atoms with E-state index in [0.717, 1.165) is 5.22 Å². The molecule has 1 aromatic carbocycles. The van der Waals surface area contributed by atoms with Gasteiger partial charge in [0.15, 0.2) is 0 Å². The molecule has 0 bridgehead atoms. The SMILES string of the molecule is CN(C)C1Cc2c([N+](=O)[O-])ccc3c2=C1C(N(C)C)([N+](=O)[O-])CC=3. The highest BCUT2D eigenvalue weighted by Gasteiger charge is 2.55. The molecular formula is C16H20N4O4. The van der Waals surface area contributed by atoms with Crippen molar-refractivity contribution >= 4 is 17.3 Å². The Morgan fingerprint density at radius 1 is 1.17 bits per heavy atom. The van der Waals surface area contributed by atoms with Gasteiger partial charge in [0.1, 0.15) is 0 Å². The molecule has 0 fully saturated rings. The standard InChI is InChI=1S/C16H20N4O4/c1-17(2)13-9-11-12(19(21)22)6-5-10-7-8-16(18(3)4,20(23)24)15(13)14(10)11/h5-7,13H,8-9H2,1-4H3. The Bertz CT molecular complexity index is 862. The molecule has 0 amide bonds. The molecule has 0 saturated heterocycles. The van der Waals surface area contributed by atoms with Gasteiger partial charge in [0.25, 0.3) is 5.69 Å². The van der Waals surface area contributed by atoms with Gasteiger partial charge in [-0.3, -0.25) is 20.2 Å². The molecule has 0 spiro atoms. The van der Waals surface area contributed by atoms with Crippen molar-refractivity contribution < 1.29 is 9.85 Å². The van der Waals surface area contributed by atoms with Gasteiger partial charge in [-0.25, -0.2) is 4.90 Å². The summed E-state index contributed by atoms with van der Waals surface area (Å²) in [5.41, 5.74) is -0.0570. The first-order valence-electron chi connectivity index (χ1n) is 7.71. The molecule has 24 heavy (non-hydrogen) atoms. The molecule has 0 N–H and O–H groups in total. The molecule has 0 radical (unpaired) electrons. The van der Waals surface area contributed by atoms with E-state index in [1.165, 1.54) is 6.07 Å². The number of benzene rings is 1. The van der Waals surface area contributed by atoms with E-state index in [2.05, 4.69) is 0 Å². The Balaban J connectivity index is 2.47. The molecule has 1 aromatic rings. The first-order valence-corrected chi connectivity index (χ1v) is 7.71. The molecule has 128 valence electrons. The molecular weight excluding hydrogens is 312 g/mol. The summed E-state index contributed by atoms with van der Waals surface area (Å²) in [5.74, 6) is 0. The van der Waals surface area contributed by atoms with Gasteiger partial charge in [0, 0.05) is 33.4 Å². The van der Waals surface area contributed by atoms with Crippen LogP contribution in [0.4, 0.5) is 5.69 Å². The van der Waals surface area contributed by atoms with Gasteiger partial charge in [-0.15, -0.1) is 0 Å². The largest absolute Gasteiger partial charge is 0.304 e. The van der Waals surface area contributed by atoms with Crippen LogP contribution in [0.15, 0.2) is 12.1 Å². The Labute approximate surface area is 139 Å². The van der Waals surface area contributed by atoms with Crippen molar-refractivity contribution in [3.63, 3.8) is 0 Å². The molecule has 0 aliphatic heterocycles. The minimum absolute atomic E-state index is 0.0434. The number of likely N-dealkylation sites (N-methyl/N-ethyl adjacent to an activating group) is 1. The van der Waals surface area contributed by atoms with Crippen molar-refractivity contribution in [3.05, 3.63) is 48.4 Å². The van der Waals surface area contributed by atoms with Crippen LogP contribution in [-0.2, 0) is 6.42 Å². The molecule has 0 saturated carbocycles. The quantitative estimate of drug-likeness (QED) is 0.436. The predicted octanol–water partition coefficient (Wildman–Crippen LogP) is -0.0494. The highest BCUT2D eigenvalue weighted by Crippen LogP contribution is 2.38. The van der Waals surface area contributed by atoms with E-state index in [0.29, 0.717) is 22.8 Å². The van der Waals surface area contributed by atoms with Gasteiger partial charge in [-0.05, 0) is 45.9 Å². The van der Waals surface area contributed by atoms with Crippen molar-refractivity contribution in [3.8, 4) is 0 Å². The lowest BCUT2D eigenvalue weighted by Gasteiger charge is -2.37. The molecule has 2 aliphatic carbocycles. The maximum absolute atomic E-state index is 12.1. The molecule has 3 rings (SSSR count). The van der Waals surface area contributed by atoms with Crippen molar-refractivity contribution in [2.45, 2.75) is 24.5 Å². The summed E-state index contributed by atoms with van der Waals surface area (Å²) in [5, 5.41) is 25.0. The average molecular weight is 332 g/mol. The average Bonchev–Trinajstić information content (AvgIpc) is 2.89. The molecule has 0 heterocycles. The second kappa shape index (κ2) is 5.35. The van der Waals surface area contributed by atoms with E-state index in [-0.39, 0.29) is 23.1 Å². The highest BCUT2D eigenvalue weighted by atomic mass is 16.6. The monoisotopic (exact) mass is 332 g/mol. The smallest absolute Gasteiger partial charge is 0.302 e. The fourth-order valence-electron chi connectivity index (χ4n) is 4.01. The van der Waals surface area contributed by atoms with E-state index in [1.54, 1.807) is 25.1 Å². The zero-order valence-corrected chi connectivity index (χ0v) is 14.1. The fraction of sp³-hybridized carbons (Fsp3) is 0.500. The Hall–Kier alpha value is -2.32. The van der Waals surface area contributed by atoms with Gasteiger partial charge in [-0.2, -0.15) is 0 Å². The lowest BCUT2D eigenvalue weighted by molar-refractivity contribution is -0.578.